The van der Waals surface area contributed by atoms with E-state index in [-0.39, 0.29) is 12.5 Å². The van der Waals surface area contributed by atoms with Crippen LogP contribution in [-0.2, 0) is 18.3 Å². The average molecular weight is 285 g/mol. The lowest BCUT2D eigenvalue weighted by atomic mass is 10.2. The van der Waals surface area contributed by atoms with Gasteiger partial charge >= 0.3 is 0 Å². The summed E-state index contributed by atoms with van der Waals surface area (Å²) < 4.78 is 7.13. The van der Waals surface area contributed by atoms with E-state index in [0.717, 1.165) is 5.82 Å². The fourth-order valence-electron chi connectivity index (χ4n) is 1.73. The van der Waals surface area contributed by atoms with Crippen molar-refractivity contribution in [3.8, 4) is 11.8 Å². The van der Waals surface area contributed by atoms with Gasteiger partial charge in [0.2, 0.25) is 0 Å². The number of rotatable bonds is 6. The zero-order valence-corrected chi connectivity index (χ0v) is 11.6. The van der Waals surface area contributed by atoms with Crippen LogP contribution in [0, 0.1) is 11.3 Å². The maximum Gasteiger partial charge on any atom is 0.257 e. The lowest BCUT2D eigenvalue weighted by Crippen LogP contribution is -2.31. The zero-order valence-electron chi connectivity index (χ0n) is 11.6. The summed E-state index contributed by atoms with van der Waals surface area (Å²) in [5.41, 5.74) is 0.407. The summed E-state index contributed by atoms with van der Waals surface area (Å²) >= 11 is 0. The van der Waals surface area contributed by atoms with Gasteiger partial charge in [-0.1, -0.05) is 12.1 Å². The molecule has 0 fully saturated rings. The molecule has 0 aliphatic carbocycles. The highest BCUT2D eigenvalue weighted by Crippen LogP contribution is 2.15. The molecule has 1 heterocycles. The summed E-state index contributed by atoms with van der Waals surface area (Å²) in [7, 11) is 1.85. The molecule has 2 aromatic rings. The van der Waals surface area contributed by atoms with E-state index in [0.29, 0.717) is 24.3 Å². The van der Waals surface area contributed by atoms with Gasteiger partial charge in [0.05, 0.1) is 5.56 Å². The van der Waals surface area contributed by atoms with Crippen molar-refractivity contribution in [1.29, 1.82) is 5.26 Å². The van der Waals surface area contributed by atoms with Gasteiger partial charge in [-0.05, 0) is 12.1 Å². The summed E-state index contributed by atoms with van der Waals surface area (Å²) in [5, 5.41) is 19.3. The molecule has 1 amide bonds. The Kier molecular flexibility index (Phi) is 4.88. The minimum absolute atomic E-state index is 0.127. The normalized spacial score (nSPS) is 9.90. The van der Waals surface area contributed by atoms with Gasteiger partial charge in [0.25, 0.3) is 5.91 Å². The molecule has 7 nitrogen and oxygen atoms in total. The number of carbonyl (C=O) groups excluding carboxylic acids is 1. The van der Waals surface area contributed by atoms with Crippen molar-refractivity contribution >= 4 is 5.91 Å². The monoisotopic (exact) mass is 285 g/mol. The number of benzene rings is 1. The summed E-state index contributed by atoms with van der Waals surface area (Å²) in [6.07, 6.45) is 2.20. The Morgan fingerprint density at radius 3 is 3.00 bits per heavy atom. The molecule has 0 aliphatic heterocycles. The smallest absolute Gasteiger partial charge is 0.257 e. The van der Waals surface area contributed by atoms with Crippen molar-refractivity contribution in [2.75, 3.05) is 13.2 Å². The zero-order chi connectivity index (χ0) is 15.1. The number of aromatic nitrogens is 3. The van der Waals surface area contributed by atoms with Crippen LogP contribution >= 0.6 is 0 Å². The molecular formula is C14H15N5O2. The first kappa shape index (κ1) is 14.5. The van der Waals surface area contributed by atoms with Gasteiger partial charge in [-0.2, -0.15) is 5.26 Å². The molecule has 21 heavy (non-hydrogen) atoms. The molecule has 7 heteroatoms. The lowest BCUT2D eigenvalue weighted by Gasteiger charge is -2.08. The fraction of sp³-hybridized carbons (Fsp3) is 0.286. The second-order valence-electron chi connectivity index (χ2n) is 4.35. The third kappa shape index (κ3) is 4.04. The Hall–Kier alpha value is -2.88. The first-order chi connectivity index (χ1) is 10.2. The summed E-state index contributed by atoms with van der Waals surface area (Å²) in [6.45, 7) is 0.326. The molecule has 1 N–H and O–H groups in total. The van der Waals surface area contributed by atoms with Gasteiger partial charge in [0.15, 0.2) is 6.61 Å². The number of hydrogen-bond donors (Lipinski definition) is 1. The number of hydrogen-bond acceptors (Lipinski definition) is 5. The molecule has 108 valence electrons. The minimum Gasteiger partial charge on any atom is -0.482 e. The van der Waals surface area contributed by atoms with E-state index in [2.05, 4.69) is 15.5 Å². The van der Waals surface area contributed by atoms with Gasteiger partial charge in [-0.15, -0.1) is 10.2 Å². The van der Waals surface area contributed by atoms with Crippen molar-refractivity contribution in [3.63, 3.8) is 0 Å². The highest BCUT2D eigenvalue weighted by Gasteiger charge is 2.07. The van der Waals surface area contributed by atoms with Crippen LogP contribution in [0.4, 0.5) is 0 Å². The quantitative estimate of drug-likeness (QED) is 0.830. The highest BCUT2D eigenvalue weighted by molar-refractivity contribution is 5.77. The SMILES string of the molecule is Cn1cnnc1CCNC(=O)COc1ccccc1C#N. The second-order valence-corrected chi connectivity index (χ2v) is 4.35. The van der Waals surface area contributed by atoms with Crippen LogP contribution in [-0.4, -0.2) is 33.8 Å². The fourth-order valence-corrected chi connectivity index (χ4v) is 1.73. The molecule has 0 unspecified atom stereocenters. The van der Waals surface area contributed by atoms with E-state index < -0.39 is 0 Å². The molecule has 0 aliphatic rings. The summed E-state index contributed by atoms with van der Waals surface area (Å²) in [5.74, 6) is 0.958. The standard InChI is InChI=1S/C14H15N5O2/c1-19-10-17-18-13(19)6-7-16-14(20)9-21-12-5-3-2-4-11(12)8-15/h2-5,10H,6-7,9H2,1H3,(H,16,20). The van der Waals surface area contributed by atoms with Crippen molar-refractivity contribution in [1.82, 2.24) is 20.1 Å². The summed E-state index contributed by atoms with van der Waals surface area (Å²) in [6, 6.07) is 8.81. The largest absolute Gasteiger partial charge is 0.482 e. The molecule has 1 aromatic carbocycles. The molecule has 0 spiro atoms. The first-order valence-corrected chi connectivity index (χ1v) is 6.42. The first-order valence-electron chi connectivity index (χ1n) is 6.42. The molecule has 1 aromatic heterocycles. The van der Waals surface area contributed by atoms with Gasteiger partial charge in [0, 0.05) is 20.0 Å². The Morgan fingerprint density at radius 2 is 2.29 bits per heavy atom. The number of nitrogens with zero attached hydrogens (tertiary/aromatic N) is 4. The van der Waals surface area contributed by atoms with Crippen LogP contribution in [0.25, 0.3) is 0 Å². The Balaban J connectivity index is 1.75. The predicted octanol–water partition coefficient (Wildman–Crippen LogP) is 0.424. The molecule has 0 saturated heterocycles. The second kappa shape index (κ2) is 7.05. The highest BCUT2D eigenvalue weighted by atomic mass is 16.5. The molecule has 0 saturated carbocycles. The van der Waals surface area contributed by atoms with Gasteiger partial charge in [0.1, 0.15) is 24.0 Å². The molecule has 0 atom stereocenters. The molecular weight excluding hydrogens is 270 g/mol. The van der Waals surface area contributed by atoms with E-state index >= 15 is 0 Å². The van der Waals surface area contributed by atoms with Gasteiger partial charge < -0.3 is 14.6 Å². The number of nitriles is 1. The van der Waals surface area contributed by atoms with Crippen molar-refractivity contribution < 1.29 is 9.53 Å². The average Bonchev–Trinajstić information content (AvgIpc) is 2.91. The Labute approximate surface area is 122 Å². The molecule has 0 radical (unpaired) electrons. The van der Waals surface area contributed by atoms with Gasteiger partial charge in [-0.25, -0.2) is 0 Å². The predicted molar refractivity (Wildman–Crippen MR) is 74.4 cm³/mol. The van der Waals surface area contributed by atoms with Crippen LogP contribution in [0.1, 0.15) is 11.4 Å². The number of ether oxygens (including phenoxy) is 1. The number of carbonyl (C=O) groups is 1. The van der Waals surface area contributed by atoms with Crippen LogP contribution in [0.5, 0.6) is 5.75 Å². The topological polar surface area (TPSA) is 92.8 Å². The minimum atomic E-state index is -0.245. The molecule has 0 bridgehead atoms. The maximum absolute atomic E-state index is 11.7. The Morgan fingerprint density at radius 1 is 1.48 bits per heavy atom. The third-order valence-electron chi connectivity index (χ3n) is 2.84. The van der Waals surface area contributed by atoms with E-state index in [4.69, 9.17) is 10.00 Å². The van der Waals surface area contributed by atoms with Gasteiger partial charge in [-0.3, -0.25) is 4.79 Å². The number of para-hydroxylation sites is 1. The van der Waals surface area contributed by atoms with E-state index in [1.165, 1.54) is 0 Å². The lowest BCUT2D eigenvalue weighted by molar-refractivity contribution is -0.123. The number of nitrogens with one attached hydrogen (secondary N) is 1. The van der Waals surface area contributed by atoms with Crippen molar-refractivity contribution in [2.24, 2.45) is 7.05 Å². The van der Waals surface area contributed by atoms with E-state index in [9.17, 15) is 4.79 Å². The van der Waals surface area contributed by atoms with Crippen LogP contribution in [0.3, 0.4) is 0 Å². The third-order valence-corrected chi connectivity index (χ3v) is 2.84. The van der Waals surface area contributed by atoms with Crippen LogP contribution < -0.4 is 10.1 Å². The van der Waals surface area contributed by atoms with Crippen LogP contribution in [0.15, 0.2) is 30.6 Å². The summed E-state index contributed by atoms with van der Waals surface area (Å²) in [4.78, 5) is 11.7. The van der Waals surface area contributed by atoms with Crippen molar-refractivity contribution in [2.45, 2.75) is 6.42 Å². The maximum atomic E-state index is 11.7. The van der Waals surface area contributed by atoms with Crippen LogP contribution in [0.2, 0.25) is 0 Å². The number of amides is 1. The number of aryl methyl sites for hydroxylation is 1. The molecule has 2 rings (SSSR count). The van der Waals surface area contributed by atoms with Crippen molar-refractivity contribution in [3.05, 3.63) is 42.0 Å². The van der Waals surface area contributed by atoms with E-state index in [1.54, 1.807) is 35.2 Å². The Bertz CT molecular complexity index is 659. The van der Waals surface area contributed by atoms with E-state index in [1.807, 2.05) is 13.1 Å².